The largest absolute Gasteiger partial charge is 0.478 e. The molecule has 2 atom stereocenters. The van der Waals surface area contributed by atoms with Gasteiger partial charge in [-0.2, -0.15) is 0 Å². The monoisotopic (exact) mass is 289 g/mol. The second-order valence-corrected chi connectivity index (χ2v) is 6.51. The summed E-state index contributed by atoms with van der Waals surface area (Å²) in [4.78, 5) is 10.7. The van der Waals surface area contributed by atoms with Gasteiger partial charge in [0.15, 0.2) is 0 Å². The zero-order chi connectivity index (χ0) is 13.5. The fraction of sp³-hybridized carbons (Fsp3) is 0.364. The van der Waals surface area contributed by atoms with Crippen LogP contribution in [0.15, 0.2) is 23.1 Å². The molecule has 0 radical (unpaired) electrons. The summed E-state index contributed by atoms with van der Waals surface area (Å²) in [5, 5.41) is 8.71. The molecule has 1 saturated carbocycles. The predicted octanol–water partition coefficient (Wildman–Crippen LogP) is 1.72. The fourth-order valence-corrected chi connectivity index (χ4v) is 3.30. The number of hydrogen-bond donors (Lipinski definition) is 2. The molecule has 1 aliphatic carbocycles. The normalized spacial score (nSPS) is 22.8. The van der Waals surface area contributed by atoms with Crippen LogP contribution in [0.25, 0.3) is 0 Å². The molecule has 2 rings (SSSR count). The Morgan fingerprint density at radius 3 is 2.56 bits per heavy atom. The highest BCUT2D eigenvalue weighted by Crippen LogP contribution is 2.31. The van der Waals surface area contributed by atoms with E-state index in [0.717, 1.165) is 12.5 Å². The quantitative estimate of drug-likeness (QED) is 0.884. The van der Waals surface area contributed by atoms with E-state index < -0.39 is 16.0 Å². The van der Waals surface area contributed by atoms with Gasteiger partial charge in [0, 0.05) is 6.04 Å². The van der Waals surface area contributed by atoms with E-state index in [1.54, 1.807) is 0 Å². The molecule has 7 heteroatoms. The predicted molar refractivity (Wildman–Crippen MR) is 66.3 cm³/mol. The van der Waals surface area contributed by atoms with Gasteiger partial charge in [0.1, 0.15) is 0 Å². The first-order chi connectivity index (χ1) is 8.31. The highest BCUT2D eigenvalue weighted by Gasteiger charge is 2.36. The lowest BCUT2D eigenvalue weighted by atomic mass is 10.2. The maximum absolute atomic E-state index is 11.9. The number of benzene rings is 1. The topological polar surface area (TPSA) is 83.5 Å². The molecule has 2 N–H and O–H groups in total. The molecule has 5 nitrogen and oxygen atoms in total. The highest BCUT2D eigenvalue weighted by molar-refractivity contribution is 7.89. The molecule has 0 heterocycles. The van der Waals surface area contributed by atoms with E-state index in [2.05, 4.69) is 4.72 Å². The standard InChI is InChI=1S/C11H12ClNO4S/c1-6-4-10(6)13-18(16,17)7-2-3-8(11(14)15)9(12)5-7/h2-3,5-6,10,13H,4H2,1H3,(H,14,15). The third kappa shape index (κ3) is 2.66. The Hall–Kier alpha value is -1.11. The van der Waals surface area contributed by atoms with E-state index in [0.29, 0.717) is 5.92 Å². The molecule has 98 valence electrons. The van der Waals surface area contributed by atoms with Crippen LogP contribution in [0, 0.1) is 5.92 Å². The number of rotatable bonds is 4. The molecule has 1 aromatic carbocycles. The van der Waals surface area contributed by atoms with Crippen LogP contribution in [0.1, 0.15) is 23.7 Å². The van der Waals surface area contributed by atoms with E-state index in [-0.39, 0.29) is 21.5 Å². The minimum absolute atomic E-state index is 0.0170. The summed E-state index contributed by atoms with van der Waals surface area (Å²) in [5.41, 5.74) is -0.115. The lowest BCUT2D eigenvalue weighted by Crippen LogP contribution is -2.26. The maximum atomic E-state index is 11.9. The number of halogens is 1. The second kappa shape index (κ2) is 4.53. The summed E-state index contributed by atoms with van der Waals surface area (Å²) in [7, 11) is -3.62. The number of hydrogen-bond acceptors (Lipinski definition) is 3. The van der Waals surface area contributed by atoms with Crippen molar-refractivity contribution in [2.75, 3.05) is 0 Å². The molecule has 0 spiro atoms. The van der Waals surface area contributed by atoms with Crippen LogP contribution < -0.4 is 4.72 Å². The average molecular weight is 290 g/mol. The van der Waals surface area contributed by atoms with Gasteiger partial charge in [0.2, 0.25) is 10.0 Å². The summed E-state index contributed by atoms with van der Waals surface area (Å²) in [5.74, 6) is -0.846. The van der Waals surface area contributed by atoms with Crippen LogP contribution >= 0.6 is 11.6 Å². The van der Waals surface area contributed by atoms with E-state index in [1.165, 1.54) is 12.1 Å². The van der Waals surface area contributed by atoms with Gasteiger partial charge >= 0.3 is 5.97 Å². The van der Waals surface area contributed by atoms with Crippen LogP contribution in [-0.4, -0.2) is 25.5 Å². The van der Waals surface area contributed by atoms with Gasteiger partial charge in [-0.15, -0.1) is 0 Å². The fourth-order valence-electron chi connectivity index (χ4n) is 1.59. The summed E-state index contributed by atoms with van der Waals surface area (Å²) in [6, 6.07) is 3.55. The molecule has 1 aromatic rings. The van der Waals surface area contributed by atoms with Gasteiger partial charge in [-0.3, -0.25) is 0 Å². The van der Waals surface area contributed by atoms with E-state index in [1.807, 2.05) is 6.92 Å². The Morgan fingerprint density at radius 2 is 2.11 bits per heavy atom. The van der Waals surface area contributed by atoms with Crippen molar-refractivity contribution in [1.29, 1.82) is 0 Å². The van der Waals surface area contributed by atoms with Gasteiger partial charge in [0.25, 0.3) is 0 Å². The molecule has 0 aromatic heterocycles. The van der Waals surface area contributed by atoms with Gasteiger partial charge in [-0.25, -0.2) is 17.9 Å². The number of carboxylic acid groups (broad SMARTS) is 1. The minimum atomic E-state index is -3.62. The second-order valence-electron chi connectivity index (χ2n) is 4.39. The Bertz CT molecular complexity index is 599. The molecular weight excluding hydrogens is 278 g/mol. The summed E-state index contributed by atoms with van der Waals surface area (Å²) in [6.07, 6.45) is 0.820. The summed E-state index contributed by atoms with van der Waals surface area (Å²) in [6.45, 7) is 1.95. The van der Waals surface area contributed by atoms with Gasteiger partial charge in [-0.1, -0.05) is 18.5 Å². The average Bonchev–Trinajstić information content (AvgIpc) is 2.92. The van der Waals surface area contributed by atoms with Crippen LogP contribution in [0.2, 0.25) is 5.02 Å². The molecule has 1 fully saturated rings. The van der Waals surface area contributed by atoms with Gasteiger partial charge < -0.3 is 5.11 Å². The maximum Gasteiger partial charge on any atom is 0.337 e. The first kappa shape index (κ1) is 13.3. The Kier molecular flexibility index (Phi) is 3.35. The summed E-state index contributed by atoms with van der Waals surface area (Å²) >= 11 is 5.74. The number of carbonyl (C=O) groups is 1. The molecule has 0 bridgehead atoms. The van der Waals surface area contributed by atoms with Gasteiger partial charge in [-0.05, 0) is 30.5 Å². The number of nitrogens with one attached hydrogen (secondary N) is 1. The lowest BCUT2D eigenvalue weighted by molar-refractivity contribution is 0.0697. The van der Waals surface area contributed by atoms with Crippen molar-refractivity contribution >= 4 is 27.6 Å². The number of sulfonamides is 1. The smallest absolute Gasteiger partial charge is 0.337 e. The number of carboxylic acids is 1. The molecule has 0 amide bonds. The van der Waals surface area contributed by atoms with E-state index in [4.69, 9.17) is 16.7 Å². The molecule has 1 aliphatic rings. The SMILES string of the molecule is CC1CC1NS(=O)(=O)c1ccc(C(=O)O)c(Cl)c1. The minimum Gasteiger partial charge on any atom is -0.478 e. The van der Waals surface area contributed by atoms with Crippen molar-refractivity contribution in [2.45, 2.75) is 24.3 Å². The van der Waals surface area contributed by atoms with Crippen LogP contribution in [0.4, 0.5) is 0 Å². The zero-order valence-corrected chi connectivity index (χ0v) is 11.1. The Morgan fingerprint density at radius 1 is 1.50 bits per heavy atom. The van der Waals surface area contributed by atoms with E-state index >= 15 is 0 Å². The van der Waals surface area contributed by atoms with Crippen LogP contribution in [0.3, 0.4) is 0 Å². The van der Waals surface area contributed by atoms with Gasteiger partial charge in [0.05, 0.1) is 15.5 Å². The molecule has 18 heavy (non-hydrogen) atoms. The summed E-state index contributed by atoms with van der Waals surface area (Å²) < 4.78 is 26.4. The zero-order valence-electron chi connectivity index (χ0n) is 9.55. The first-order valence-corrected chi connectivity index (χ1v) is 7.22. The van der Waals surface area contributed by atoms with Crippen molar-refractivity contribution in [3.05, 3.63) is 28.8 Å². The highest BCUT2D eigenvalue weighted by atomic mass is 35.5. The van der Waals surface area contributed by atoms with Crippen molar-refractivity contribution in [2.24, 2.45) is 5.92 Å². The van der Waals surface area contributed by atoms with Crippen molar-refractivity contribution in [1.82, 2.24) is 4.72 Å². The van der Waals surface area contributed by atoms with Crippen molar-refractivity contribution in [3.8, 4) is 0 Å². The third-order valence-electron chi connectivity index (χ3n) is 2.90. The van der Waals surface area contributed by atoms with Crippen molar-refractivity contribution in [3.63, 3.8) is 0 Å². The molecular formula is C11H12ClNO4S. The number of aromatic carboxylic acids is 1. The van der Waals surface area contributed by atoms with Crippen molar-refractivity contribution < 1.29 is 18.3 Å². The molecule has 0 saturated heterocycles. The third-order valence-corrected chi connectivity index (χ3v) is 4.70. The lowest BCUT2D eigenvalue weighted by Gasteiger charge is -2.07. The van der Waals surface area contributed by atoms with Crippen LogP contribution in [-0.2, 0) is 10.0 Å². The van der Waals surface area contributed by atoms with Crippen LogP contribution in [0.5, 0.6) is 0 Å². The Balaban J connectivity index is 2.28. The first-order valence-electron chi connectivity index (χ1n) is 5.36. The van der Waals surface area contributed by atoms with E-state index in [9.17, 15) is 13.2 Å². The molecule has 0 aliphatic heterocycles. The Labute approximate surface area is 110 Å². The molecule has 2 unspecified atom stereocenters.